The SMILES string of the molecule is O=C(N[C@H](Cc1cccc(F)c1)C(=O)O)c1ccc(C(F)(F)F)cc1. The molecule has 0 saturated heterocycles. The fourth-order valence-electron chi connectivity index (χ4n) is 2.15. The molecule has 0 heterocycles. The molecule has 1 atom stereocenters. The maximum Gasteiger partial charge on any atom is 0.416 e. The number of hydrogen-bond acceptors (Lipinski definition) is 2. The maximum atomic E-state index is 13.2. The molecule has 0 aromatic heterocycles. The Hall–Kier alpha value is -2.90. The molecule has 0 aliphatic carbocycles. The Morgan fingerprint density at radius 2 is 1.72 bits per heavy atom. The van der Waals surface area contributed by atoms with Crippen LogP contribution in [0, 0.1) is 5.82 Å². The summed E-state index contributed by atoms with van der Waals surface area (Å²) < 4.78 is 50.7. The van der Waals surface area contributed by atoms with Crippen LogP contribution in [0.2, 0.25) is 0 Å². The van der Waals surface area contributed by atoms with Crippen molar-refractivity contribution in [1.82, 2.24) is 5.32 Å². The number of halogens is 4. The lowest BCUT2D eigenvalue weighted by molar-refractivity contribution is -0.139. The van der Waals surface area contributed by atoms with Gasteiger partial charge in [-0.05, 0) is 42.0 Å². The van der Waals surface area contributed by atoms with Gasteiger partial charge in [-0.1, -0.05) is 12.1 Å². The van der Waals surface area contributed by atoms with Gasteiger partial charge in [0.25, 0.3) is 5.91 Å². The topological polar surface area (TPSA) is 66.4 Å². The van der Waals surface area contributed by atoms with Crippen molar-refractivity contribution in [2.24, 2.45) is 0 Å². The van der Waals surface area contributed by atoms with E-state index in [1.807, 2.05) is 0 Å². The summed E-state index contributed by atoms with van der Waals surface area (Å²) in [5.74, 6) is -2.72. The third-order valence-electron chi connectivity index (χ3n) is 3.41. The van der Waals surface area contributed by atoms with Crippen LogP contribution in [0.3, 0.4) is 0 Å². The van der Waals surface area contributed by atoms with E-state index in [0.29, 0.717) is 5.56 Å². The zero-order chi connectivity index (χ0) is 18.6. The van der Waals surface area contributed by atoms with E-state index in [4.69, 9.17) is 0 Å². The van der Waals surface area contributed by atoms with E-state index >= 15 is 0 Å². The van der Waals surface area contributed by atoms with Gasteiger partial charge < -0.3 is 10.4 Å². The summed E-state index contributed by atoms with van der Waals surface area (Å²) in [6.45, 7) is 0. The lowest BCUT2D eigenvalue weighted by Crippen LogP contribution is -2.42. The summed E-state index contributed by atoms with van der Waals surface area (Å²) in [7, 11) is 0. The molecule has 132 valence electrons. The van der Waals surface area contributed by atoms with Crippen LogP contribution in [0.25, 0.3) is 0 Å². The molecule has 0 bridgehead atoms. The predicted octanol–water partition coefficient (Wildman–Crippen LogP) is 3.27. The number of amides is 1. The summed E-state index contributed by atoms with van der Waals surface area (Å²) in [6.07, 6.45) is -4.70. The van der Waals surface area contributed by atoms with Crippen LogP contribution in [-0.4, -0.2) is 23.0 Å². The minimum absolute atomic E-state index is 0.113. The van der Waals surface area contributed by atoms with Crippen LogP contribution < -0.4 is 5.32 Å². The molecular weight excluding hydrogens is 342 g/mol. The standard InChI is InChI=1S/C17H13F4NO3/c18-13-3-1-2-10(8-13)9-14(16(24)25)22-15(23)11-4-6-12(7-5-11)17(19,20)21/h1-8,14H,9H2,(H,22,23)(H,24,25)/t14-/m1/s1. The number of carboxylic acid groups (broad SMARTS) is 1. The molecular formula is C17H13F4NO3. The highest BCUT2D eigenvalue weighted by Crippen LogP contribution is 2.29. The molecule has 0 aliphatic heterocycles. The van der Waals surface area contributed by atoms with Crippen molar-refractivity contribution < 1.29 is 32.3 Å². The Bertz CT molecular complexity index is 772. The van der Waals surface area contributed by atoms with Gasteiger partial charge in [-0.3, -0.25) is 4.79 Å². The van der Waals surface area contributed by atoms with Crippen LogP contribution in [0.4, 0.5) is 17.6 Å². The summed E-state index contributed by atoms with van der Waals surface area (Å²) >= 11 is 0. The first-order valence-electron chi connectivity index (χ1n) is 7.12. The number of hydrogen-bond donors (Lipinski definition) is 2. The second kappa shape index (κ2) is 7.33. The molecule has 4 nitrogen and oxygen atoms in total. The summed E-state index contributed by atoms with van der Waals surface area (Å²) in [5.41, 5.74) is -0.669. The molecule has 0 saturated carbocycles. The van der Waals surface area contributed by atoms with E-state index in [1.54, 1.807) is 0 Å². The molecule has 2 rings (SSSR count). The average Bonchev–Trinajstić information content (AvgIpc) is 2.53. The molecule has 0 unspecified atom stereocenters. The van der Waals surface area contributed by atoms with Crippen LogP contribution >= 0.6 is 0 Å². The van der Waals surface area contributed by atoms with E-state index < -0.39 is 35.5 Å². The molecule has 1 amide bonds. The van der Waals surface area contributed by atoms with Gasteiger partial charge in [0.15, 0.2) is 0 Å². The summed E-state index contributed by atoms with van der Waals surface area (Å²) in [6, 6.07) is 7.27. The molecule has 8 heteroatoms. The van der Waals surface area contributed by atoms with Crippen molar-refractivity contribution >= 4 is 11.9 Å². The monoisotopic (exact) mass is 355 g/mol. The molecule has 25 heavy (non-hydrogen) atoms. The van der Waals surface area contributed by atoms with E-state index in [9.17, 15) is 32.3 Å². The smallest absolute Gasteiger partial charge is 0.416 e. The van der Waals surface area contributed by atoms with Crippen LogP contribution in [-0.2, 0) is 17.4 Å². The van der Waals surface area contributed by atoms with Gasteiger partial charge in [-0.25, -0.2) is 9.18 Å². The highest BCUT2D eigenvalue weighted by Gasteiger charge is 2.30. The van der Waals surface area contributed by atoms with Crippen molar-refractivity contribution in [3.05, 3.63) is 71.0 Å². The normalized spacial score (nSPS) is 12.5. The molecule has 2 N–H and O–H groups in total. The molecule has 2 aromatic carbocycles. The number of alkyl halides is 3. The van der Waals surface area contributed by atoms with Crippen molar-refractivity contribution in [3.8, 4) is 0 Å². The fraction of sp³-hybridized carbons (Fsp3) is 0.176. The second-order valence-corrected chi connectivity index (χ2v) is 5.27. The van der Waals surface area contributed by atoms with E-state index in [2.05, 4.69) is 5.32 Å². The number of carbonyl (C=O) groups is 2. The Labute approximate surface area is 140 Å². The third-order valence-corrected chi connectivity index (χ3v) is 3.41. The van der Waals surface area contributed by atoms with Gasteiger partial charge in [0, 0.05) is 12.0 Å². The number of rotatable bonds is 5. The number of carbonyl (C=O) groups excluding carboxylic acids is 1. The number of aliphatic carboxylic acids is 1. The highest BCUT2D eigenvalue weighted by molar-refractivity contribution is 5.96. The van der Waals surface area contributed by atoms with Crippen LogP contribution in [0.5, 0.6) is 0 Å². The predicted molar refractivity (Wildman–Crippen MR) is 80.4 cm³/mol. The Kier molecular flexibility index (Phi) is 5.41. The molecule has 0 aliphatic rings. The van der Waals surface area contributed by atoms with Crippen molar-refractivity contribution in [2.75, 3.05) is 0 Å². The van der Waals surface area contributed by atoms with E-state index in [0.717, 1.165) is 30.3 Å². The molecule has 2 aromatic rings. The highest BCUT2D eigenvalue weighted by atomic mass is 19.4. The van der Waals surface area contributed by atoms with Crippen molar-refractivity contribution in [2.45, 2.75) is 18.6 Å². The largest absolute Gasteiger partial charge is 0.480 e. The lowest BCUT2D eigenvalue weighted by Gasteiger charge is -2.15. The van der Waals surface area contributed by atoms with Crippen LogP contribution in [0.15, 0.2) is 48.5 Å². The second-order valence-electron chi connectivity index (χ2n) is 5.27. The van der Waals surface area contributed by atoms with Gasteiger partial charge in [0.2, 0.25) is 0 Å². The minimum atomic E-state index is -4.53. The van der Waals surface area contributed by atoms with Crippen molar-refractivity contribution in [1.29, 1.82) is 0 Å². The Balaban J connectivity index is 2.11. The average molecular weight is 355 g/mol. The van der Waals surface area contributed by atoms with Gasteiger partial charge in [-0.15, -0.1) is 0 Å². The summed E-state index contributed by atoms with van der Waals surface area (Å²) in [4.78, 5) is 23.3. The van der Waals surface area contributed by atoms with Gasteiger partial charge in [0.1, 0.15) is 11.9 Å². The molecule has 0 radical (unpaired) electrons. The van der Waals surface area contributed by atoms with Crippen LogP contribution in [0.1, 0.15) is 21.5 Å². The van der Waals surface area contributed by atoms with Gasteiger partial charge in [0.05, 0.1) is 5.56 Å². The van der Waals surface area contributed by atoms with E-state index in [-0.39, 0.29) is 12.0 Å². The zero-order valence-corrected chi connectivity index (χ0v) is 12.7. The molecule has 0 fully saturated rings. The van der Waals surface area contributed by atoms with E-state index in [1.165, 1.54) is 18.2 Å². The first-order valence-corrected chi connectivity index (χ1v) is 7.12. The Morgan fingerprint density at radius 1 is 1.08 bits per heavy atom. The quantitative estimate of drug-likeness (QED) is 0.809. The Morgan fingerprint density at radius 3 is 2.24 bits per heavy atom. The summed E-state index contributed by atoms with van der Waals surface area (Å²) in [5, 5.41) is 11.4. The number of carboxylic acids is 1. The zero-order valence-electron chi connectivity index (χ0n) is 12.7. The number of nitrogens with one attached hydrogen (secondary N) is 1. The molecule has 0 spiro atoms. The number of benzene rings is 2. The lowest BCUT2D eigenvalue weighted by atomic mass is 10.0. The van der Waals surface area contributed by atoms with Gasteiger partial charge in [-0.2, -0.15) is 13.2 Å². The minimum Gasteiger partial charge on any atom is -0.480 e. The third kappa shape index (κ3) is 5.03. The van der Waals surface area contributed by atoms with Gasteiger partial charge >= 0.3 is 12.1 Å². The fourth-order valence-corrected chi connectivity index (χ4v) is 2.15. The van der Waals surface area contributed by atoms with Crippen molar-refractivity contribution in [3.63, 3.8) is 0 Å². The first-order chi connectivity index (χ1) is 11.7. The maximum absolute atomic E-state index is 13.2. The first kappa shape index (κ1) is 18.4.